The van der Waals surface area contributed by atoms with E-state index in [-0.39, 0.29) is 40.0 Å². The number of rotatable bonds is 8. The van der Waals surface area contributed by atoms with Gasteiger partial charge >= 0.3 is 5.97 Å². The number of carbonyl (C=O) groups is 2. The number of ether oxygens (including phenoxy) is 1. The Labute approximate surface area is 207 Å². The normalized spacial score (nSPS) is 23.0. The number of esters is 1. The van der Waals surface area contributed by atoms with Crippen LogP contribution in [0.4, 0.5) is 0 Å². The van der Waals surface area contributed by atoms with E-state index in [9.17, 15) is 9.59 Å². The highest BCUT2D eigenvalue weighted by Gasteiger charge is 2.61. The molecule has 1 rings (SSSR count). The second kappa shape index (κ2) is 10.0. The second-order valence-electron chi connectivity index (χ2n) is 12.0. The Morgan fingerprint density at radius 1 is 1.12 bits per heavy atom. The van der Waals surface area contributed by atoms with Crippen molar-refractivity contribution in [2.45, 2.75) is 116 Å². The molecule has 0 aliphatic carbocycles. The van der Waals surface area contributed by atoms with Crippen LogP contribution < -0.4 is 0 Å². The molecule has 1 aliphatic heterocycles. The van der Waals surface area contributed by atoms with E-state index in [1.165, 1.54) is 0 Å². The number of allylic oxidation sites excluding steroid dienone is 1. The highest BCUT2D eigenvalue weighted by atomic mass is 79.9. The van der Waals surface area contributed by atoms with Gasteiger partial charge in [-0.15, -0.1) is 0 Å². The molecule has 1 fully saturated rings. The number of alkyl halides is 1. The minimum absolute atomic E-state index is 0.0139. The summed E-state index contributed by atoms with van der Waals surface area (Å²) in [4.78, 5) is 25.8. The van der Waals surface area contributed by atoms with Gasteiger partial charge in [-0.05, 0) is 49.5 Å². The highest BCUT2D eigenvalue weighted by molar-refractivity contribution is 9.10. The number of halogens is 1. The summed E-state index contributed by atoms with van der Waals surface area (Å²) >= 11 is 3.58. The quantitative estimate of drug-likeness (QED) is 0.114. The summed E-state index contributed by atoms with van der Waals surface area (Å²) in [5.74, 6) is -0.471. The van der Waals surface area contributed by atoms with Crippen molar-refractivity contribution in [1.82, 2.24) is 4.57 Å². The van der Waals surface area contributed by atoms with Crippen molar-refractivity contribution < 1.29 is 18.8 Å². The first-order valence-corrected chi connectivity index (χ1v) is 18.5. The molecule has 1 aliphatic rings. The number of carbonyl (C=O) groups excluding carboxylic acids is 2. The average Bonchev–Trinajstić information content (AvgIpc) is 2.58. The van der Waals surface area contributed by atoms with Crippen molar-refractivity contribution in [2.75, 3.05) is 6.61 Å². The Bertz CT molecular complexity index is 737. The van der Waals surface area contributed by atoms with Crippen LogP contribution in [0, 0.1) is 5.92 Å². The first kappa shape index (κ1) is 29.6. The molecular weight excluding hydrogens is 502 g/mol. The lowest BCUT2D eigenvalue weighted by molar-refractivity contribution is -0.153. The fourth-order valence-electron chi connectivity index (χ4n) is 3.84. The molecule has 32 heavy (non-hydrogen) atoms. The molecule has 0 unspecified atom stereocenters. The van der Waals surface area contributed by atoms with Gasteiger partial charge in [0.25, 0.3) is 0 Å². The number of nitrogens with zero attached hydrogens (tertiary/aromatic N) is 1. The zero-order valence-electron chi connectivity index (χ0n) is 22.6. The van der Waals surface area contributed by atoms with E-state index < -0.39 is 21.4 Å². The Kier molecular flexibility index (Phi) is 9.28. The minimum Gasteiger partial charge on any atom is -0.465 e. The molecule has 1 heterocycles. The molecule has 0 spiro atoms. The van der Waals surface area contributed by atoms with E-state index in [1.54, 1.807) is 6.92 Å². The van der Waals surface area contributed by atoms with Crippen LogP contribution in [0.3, 0.4) is 0 Å². The fourth-order valence-corrected chi connectivity index (χ4v) is 8.37. The van der Waals surface area contributed by atoms with Gasteiger partial charge in [0.05, 0.1) is 24.7 Å². The third-order valence-corrected chi connectivity index (χ3v) is 18.7. The van der Waals surface area contributed by atoms with Crippen molar-refractivity contribution in [3.05, 3.63) is 11.6 Å². The Balaban J connectivity index is 3.47. The summed E-state index contributed by atoms with van der Waals surface area (Å²) in [6.45, 7) is 28.3. The van der Waals surface area contributed by atoms with Crippen LogP contribution in [0.25, 0.3) is 0 Å². The van der Waals surface area contributed by atoms with Gasteiger partial charge in [-0.2, -0.15) is 0 Å². The lowest BCUT2D eigenvalue weighted by Gasteiger charge is -2.61. The van der Waals surface area contributed by atoms with Crippen LogP contribution in [0.15, 0.2) is 11.6 Å². The van der Waals surface area contributed by atoms with Crippen LogP contribution in [0.2, 0.25) is 36.3 Å². The molecule has 0 aromatic carbocycles. The van der Waals surface area contributed by atoms with Crippen molar-refractivity contribution in [2.24, 2.45) is 5.92 Å². The predicted molar refractivity (Wildman–Crippen MR) is 142 cm³/mol. The molecule has 0 saturated carbocycles. The average molecular weight is 549 g/mol. The number of hydrogen-bond donors (Lipinski definition) is 0. The van der Waals surface area contributed by atoms with Crippen molar-refractivity contribution in [3.8, 4) is 0 Å². The molecule has 0 N–H and O–H groups in total. The second-order valence-corrected chi connectivity index (χ2v) is 22.7. The van der Waals surface area contributed by atoms with Gasteiger partial charge in [-0.25, -0.2) is 0 Å². The number of amides is 1. The topological polar surface area (TPSA) is 55.8 Å². The molecule has 0 aromatic rings. The zero-order valence-corrected chi connectivity index (χ0v) is 26.1. The van der Waals surface area contributed by atoms with Crippen molar-refractivity contribution in [1.29, 1.82) is 0 Å². The van der Waals surface area contributed by atoms with Gasteiger partial charge in [0.2, 0.25) is 5.91 Å². The Morgan fingerprint density at radius 3 is 2.00 bits per heavy atom. The van der Waals surface area contributed by atoms with Crippen molar-refractivity contribution >= 4 is 44.4 Å². The molecule has 8 heteroatoms. The lowest BCUT2D eigenvalue weighted by atomic mass is 9.80. The predicted octanol–water partition coefficient (Wildman–Crippen LogP) is 6.50. The minimum atomic E-state index is -2.18. The Morgan fingerprint density at radius 2 is 1.62 bits per heavy atom. The first-order valence-electron chi connectivity index (χ1n) is 11.7. The summed E-state index contributed by atoms with van der Waals surface area (Å²) in [6, 6.07) is -0.179. The fraction of sp³-hybridized carbons (Fsp3) is 0.833. The monoisotopic (exact) mass is 547 g/mol. The summed E-state index contributed by atoms with van der Waals surface area (Å²) in [7, 11) is -4.25. The van der Waals surface area contributed by atoms with E-state index in [4.69, 9.17) is 9.16 Å². The molecule has 5 nitrogen and oxygen atoms in total. The summed E-state index contributed by atoms with van der Waals surface area (Å²) in [6.07, 6.45) is 1.74. The van der Waals surface area contributed by atoms with Crippen LogP contribution in [0.5, 0.6) is 0 Å². The molecule has 4 atom stereocenters. The highest BCUT2D eigenvalue weighted by Crippen LogP contribution is 2.49. The maximum absolute atomic E-state index is 13.7. The number of β-lactam (4-membered cyclic amide) rings is 1. The summed E-state index contributed by atoms with van der Waals surface area (Å²) in [5, 5.41) is 0.0367. The molecule has 1 amide bonds. The van der Waals surface area contributed by atoms with E-state index in [2.05, 4.69) is 88.2 Å². The third kappa shape index (κ3) is 5.61. The molecule has 0 bridgehead atoms. The van der Waals surface area contributed by atoms with E-state index >= 15 is 0 Å². The standard InChI is InChI=1S/C24H46BrNO4Si2/c1-14-17(19(25)22(28)29-15-2)20-18(16(3)30-32(12,13)24(7,8)9)21(27)26(20)31(10,11)23(4,5)6/h14,16,18-20H,15H2,1-13H3/b17-14+/t16-,18-,19+,20+/m1/s1. The van der Waals surface area contributed by atoms with E-state index in [0.717, 1.165) is 5.57 Å². The van der Waals surface area contributed by atoms with Gasteiger partial charge in [-0.3, -0.25) is 9.59 Å². The third-order valence-electron chi connectivity index (χ3n) is 7.83. The summed E-state index contributed by atoms with van der Waals surface area (Å²) < 4.78 is 14.1. The summed E-state index contributed by atoms with van der Waals surface area (Å²) in [5.41, 5.74) is 0.892. The van der Waals surface area contributed by atoms with E-state index in [1.807, 2.05) is 19.9 Å². The van der Waals surface area contributed by atoms with Gasteiger partial charge in [0, 0.05) is 0 Å². The largest absolute Gasteiger partial charge is 0.465 e. The zero-order chi connectivity index (χ0) is 25.4. The van der Waals surface area contributed by atoms with Gasteiger partial charge in [0.1, 0.15) is 4.83 Å². The molecule has 0 radical (unpaired) electrons. The lowest BCUT2D eigenvalue weighted by Crippen LogP contribution is -2.76. The molecule has 0 aromatic heterocycles. The van der Waals surface area contributed by atoms with Crippen LogP contribution in [-0.4, -0.2) is 56.6 Å². The smallest absolute Gasteiger partial charge is 0.324 e. The van der Waals surface area contributed by atoms with E-state index in [0.29, 0.717) is 6.61 Å². The van der Waals surface area contributed by atoms with Gasteiger partial charge in [-0.1, -0.05) is 76.6 Å². The maximum Gasteiger partial charge on any atom is 0.324 e. The molecule has 186 valence electrons. The van der Waals surface area contributed by atoms with Gasteiger partial charge < -0.3 is 13.7 Å². The Hall–Kier alpha value is -0.446. The van der Waals surface area contributed by atoms with Gasteiger partial charge in [0.15, 0.2) is 16.6 Å². The maximum atomic E-state index is 13.7. The number of hydrogen-bond acceptors (Lipinski definition) is 4. The molecule has 1 saturated heterocycles. The van der Waals surface area contributed by atoms with Crippen LogP contribution in [0.1, 0.15) is 62.3 Å². The molecular formula is C24H46BrNO4Si2. The SMILES string of the molecule is C/C=C(\[C@H](Br)C(=O)OCC)[C@H]1[C@@H]([C@@H](C)O[Si](C)(C)C(C)(C)C)C(=O)N1[Si](C)(C)C(C)(C)C. The van der Waals surface area contributed by atoms with Crippen LogP contribution >= 0.6 is 15.9 Å². The van der Waals surface area contributed by atoms with Crippen LogP contribution in [-0.2, 0) is 18.8 Å². The van der Waals surface area contributed by atoms with Crippen molar-refractivity contribution in [3.63, 3.8) is 0 Å². The first-order chi connectivity index (χ1) is 14.3.